The van der Waals surface area contributed by atoms with Crippen molar-refractivity contribution in [3.8, 4) is 17.0 Å². The van der Waals surface area contributed by atoms with Crippen LogP contribution in [-0.2, 0) is 0 Å². The zero-order chi connectivity index (χ0) is 16.3. The molecule has 6 nitrogen and oxygen atoms in total. The van der Waals surface area contributed by atoms with Crippen LogP contribution in [-0.4, -0.2) is 22.5 Å². The van der Waals surface area contributed by atoms with Crippen LogP contribution in [0.1, 0.15) is 29.4 Å². The van der Waals surface area contributed by atoms with E-state index < -0.39 is 5.91 Å². The number of aromatic nitrogens is 2. The molecule has 2 aromatic rings. The molecule has 2 rings (SSSR count). The zero-order valence-corrected chi connectivity index (χ0v) is 14.0. The van der Waals surface area contributed by atoms with Crippen LogP contribution < -0.4 is 16.2 Å². The van der Waals surface area contributed by atoms with E-state index in [1.807, 2.05) is 25.1 Å². The van der Waals surface area contributed by atoms with E-state index >= 15 is 0 Å². The minimum absolute atomic E-state index is 0.0972. The first kappa shape index (κ1) is 16.2. The topological polar surface area (TPSA) is 104 Å². The molecule has 0 radical (unpaired) electrons. The van der Waals surface area contributed by atoms with E-state index in [1.54, 1.807) is 6.92 Å². The highest BCUT2D eigenvalue weighted by molar-refractivity contribution is 9.10. The number of nitrogen functional groups attached to an aromatic ring is 1. The molecule has 1 heterocycles. The number of aryl methyl sites for hydroxylation is 1. The van der Waals surface area contributed by atoms with Crippen LogP contribution in [0.15, 0.2) is 22.7 Å². The second kappa shape index (κ2) is 6.74. The van der Waals surface area contributed by atoms with Crippen molar-refractivity contribution in [3.63, 3.8) is 0 Å². The lowest BCUT2D eigenvalue weighted by atomic mass is 10.0. The molecule has 0 aliphatic carbocycles. The average molecular weight is 365 g/mol. The minimum Gasteiger partial charge on any atom is -0.492 e. The van der Waals surface area contributed by atoms with Crippen molar-refractivity contribution in [2.75, 3.05) is 12.3 Å². The molecule has 0 atom stereocenters. The Bertz CT molecular complexity index is 719. The molecule has 22 heavy (non-hydrogen) atoms. The third-order valence-corrected chi connectivity index (χ3v) is 3.64. The number of nitrogens with two attached hydrogens (primary N) is 2. The van der Waals surface area contributed by atoms with E-state index in [4.69, 9.17) is 16.2 Å². The molecule has 0 bridgehead atoms. The molecule has 0 spiro atoms. The number of nitrogens with zero attached hydrogens (tertiary/aromatic N) is 2. The Labute approximate surface area is 137 Å². The van der Waals surface area contributed by atoms with E-state index in [2.05, 4.69) is 25.9 Å². The molecule has 0 saturated heterocycles. The van der Waals surface area contributed by atoms with Crippen molar-refractivity contribution >= 4 is 27.8 Å². The molecule has 0 fully saturated rings. The lowest BCUT2D eigenvalue weighted by Gasteiger charge is -2.12. The lowest BCUT2D eigenvalue weighted by Crippen LogP contribution is -2.17. The Morgan fingerprint density at radius 1 is 1.36 bits per heavy atom. The van der Waals surface area contributed by atoms with Gasteiger partial charge in [0.05, 0.1) is 28.0 Å². The van der Waals surface area contributed by atoms with E-state index in [9.17, 15) is 4.79 Å². The van der Waals surface area contributed by atoms with Gasteiger partial charge in [-0.05, 0) is 47.5 Å². The first-order chi connectivity index (χ1) is 10.4. The summed E-state index contributed by atoms with van der Waals surface area (Å²) in [5.74, 6) is 0.236. The normalized spacial score (nSPS) is 10.5. The van der Waals surface area contributed by atoms with Crippen molar-refractivity contribution in [3.05, 3.63) is 33.9 Å². The number of amides is 1. The third-order valence-electron chi connectivity index (χ3n) is 3.02. The number of rotatable bonds is 5. The molecule has 0 saturated carbocycles. The Morgan fingerprint density at radius 2 is 2.09 bits per heavy atom. The number of hydrogen-bond donors (Lipinski definition) is 2. The van der Waals surface area contributed by atoms with Gasteiger partial charge in [-0.15, -0.1) is 0 Å². The predicted molar refractivity (Wildman–Crippen MR) is 88.6 cm³/mol. The van der Waals surface area contributed by atoms with Crippen molar-refractivity contribution < 1.29 is 9.53 Å². The molecule has 0 aliphatic rings. The van der Waals surface area contributed by atoms with Gasteiger partial charge in [-0.25, -0.2) is 9.97 Å². The Morgan fingerprint density at radius 3 is 2.68 bits per heavy atom. The monoisotopic (exact) mass is 364 g/mol. The Hall–Kier alpha value is -2.15. The summed E-state index contributed by atoms with van der Waals surface area (Å²) < 4.78 is 6.37. The largest absolute Gasteiger partial charge is 0.492 e. The fourth-order valence-corrected chi connectivity index (χ4v) is 2.57. The van der Waals surface area contributed by atoms with E-state index in [0.717, 1.165) is 16.6 Å². The summed E-state index contributed by atoms with van der Waals surface area (Å²) in [5, 5.41) is 0. The van der Waals surface area contributed by atoms with Crippen LogP contribution in [0.3, 0.4) is 0 Å². The Balaban J connectivity index is 2.52. The number of primary amides is 1. The maximum atomic E-state index is 11.7. The second-order valence-electron chi connectivity index (χ2n) is 4.75. The number of halogens is 1. The predicted octanol–water partition coefficient (Wildman–Crippen LogP) is 2.68. The van der Waals surface area contributed by atoms with Crippen molar-refractivity contribution in [2.45, 2.75) is 20.3 Å². The van der Waals surface area contributed by atoms with Crippen LogP contribution in [0.2, 0.25) is 0 Å². The summed E-state index contributed by atoms with van der Waals surface area (Å²) >= 11 is 3.46. The van der Waals surface area contributed by atoms with Crippen LogP contribution in [0.5, 0.6) is 5.75 Å². The number of carbonyl (C=O) groups is 1. The van der Waals surface area contributed by atoms with Gasteiger partial charge in [-0.1, -0.05) is 6.92 Å². The van der Waals surface area contributed by atoms with E-state index in [0.29, 0.717) is 23.6 Å². The van der Waals surface area contributed by atoms with Crippen molar-refractivity contribution in [1.29, 1.82) is 0 Å². The van der Waals surface area contributed by atoms with E-state index in [-0.39, 0.29) is 11.5 Å². The summed E-state index contributed by atoms with van der Waals surface area (Å²) in [6, 6.07) is 5.44. The van der Waals surface area contributed by atoms with Gasteiger partial charge in [0.1, 0.15) is 5.75 Å². The smallest absolute Gasteiger partial charge is 0.252 e. The van der Waals surface area contributed by atoms with Gasteiger partial charge >= 0.3 is 0 Å². The number of carbonyl (C=O) groups excluding carboxylic acids is 1. The molecule has 0 unspecified atom stereocenters. The molecular formula is C15H17BrN4O2. The number of benzene rings is 1. The van der Waals surface area contributed by atoms with Gasteiger partial charge in [0.2, 0.25) is 5.95 Å². The highest BCUT2D eigenvalue weighted by Crippen LogP contribution is 2.32. The molecule has 1 amide bonds. The summed E-state index contributed by atoms with van der Waals surface area (Å²) in [5.41, 5.74) is 13.0. The molecule has 1 aromatic heterocycles. The van der Waals surface area contributed by atoms with Gasteiger partial charge in [-0.2, -0.15) is 0 Å². The molecule has 7 heteroatoms. The fraction of sp³-hybridized carbons (Fsp3) is 0.267. The first-order valence-corrected chi connectivity index (χ1v) is 7.60. The average Bonchev–Trinajstić information content (AvgIpc) is 2.44. The summed E-state index contributed by atoms with van der Waals surface area (Å²) in [4.78, 5) is 19.8. The van der Waals surface area contributed by atoms with Gasteiger partial charge in [0, 0.05) is 5.56 Å². The second-order valence-corrected chi connectivity index (χ2v) is 5.60. The minimum atomic E-state index is -0.588. The molecule has 116 valence electrons. The maximum absolute atomic E-state index is 11.7. The molecule has 1 aromatic carbocycles. The fourth-order valence-electron chi connectivity index (χ4n) is 2.08. The third kappa shape index (κ3) is 3.36. The molecular weight excluding hydrogens is 348 g/mol. The van der Waals surface area contributed by atoms with Gasteiger partial charge in [0.25, 0.3) is 5.91 Å². The van der Waals surface area contributed by atoms with Crippen LogP contribution in [0.4, 0.5) is 5.95 Å². The van der Waals surface area contributed by atoms with Crippen LogP contribution in [0, 0.1) is 6.92 Å². The van der Waals surface area contributed by atoms with Gasteiger partial charge in [0.15, 0.2) is 0 Å². The number of anilines is 1. The molecule has 0 aliphatic heterocycles. The van der Waals surface area contributed by atoms with Crippen molar-refractivity contribution in [1.82, 2.24) is 9.97 Å². The van der Waals surface area contributed by atoms with Gasteiger partial charge < -0.3 is 16.2 Å². The molecule has 4 N–H and O–H groups in total. The highest BCUT2D eigenvalue weighted by atomic mass is 79.9. The first-order valence-electron chi connectivity index (χ1n) is 6.80. The Kier molecular flexibility index (Phi) is 4.97. The van der Waals surface area contributed by atoms with Gasteiger partial charge in [-0.3, -0.25) is 4.79 Å². The zero-order valence-electron chi connectivity index (χ0n) is 12.4. The SMILES string of the molecule is CCCOc1ccc(-c2nc(N)nc(C)c2C(N)=O)cc1Br. The summed E-state index contributed by atoms with van der Waals surface area (Å²) in [6.07, 6.45) is 0.918. The maximum Gasteiger partial charge on any atom is 0.252 e. The highest BCUT2D eigenvalue weighted by Gasteiger charge is 2.18. The number of ether oxygens (including phenoxy) is 1. The summed E-state index contributed by atoms with van der Waals surface area (Å²) in [7, 11) is 0. The van der Waals surface area contributed by atoms with E-state index in [1.165, 1.54) is 0 Å². The number of hydrogen-bond acceptors (Lipinski definition) is 5. The van der Waals surface area contributed by atoms with Crippen molar-refractivity contribution in [2.24, 2.45) is 5.73 Å². The van der Waals surface area contributed by atoms with Crippen LogP contribution >= 0.6 is 15.9 Å². The lowest BCUT2D eigenvalue weighted by molar-refractivity contribution is 0.0999. The summed E-state index contributed by atoms with van der Waals surface area (Å²) in [6.45, 7) is 4.34. The van der Waals surface area contributed by atoms with Crippen LogP contribution in [0.25, 0.3) is 11.3 Å². The quantitative estimate of drug-likeness (QED) is 0.848. The standard InChI is InChI=1S/C15H17BrN4O2/c1-3-6-22-11-5-4-9(7-10(11)16)13-12(14(17)21)8(2)19-15(18)20-13/h4-5,7H,3,6H2,1-2H3,(H2,17,21)(H2,18,19,20).